The molecule has 0 aliphatic heterocycles. The van der Waals surface area contributed by atoms with Crippen LogP contribution < -0.4 is 10.6 Å². The van der Waals surface area contributed by atoms with Crippen LogP contribution in [-0.4, -0.2) is 35.6 Å². The fourth-order valence-electron chi connectivity index (χ4n) is 2.55. The normalized spacial score (nSPS) is 13.1. The topological polar surface area (TPSA) is 91.6 Å². The molecule has 2 aromatic rings. The predicted molar refractivity (Wildman–Crippen MR) is 94.3 cm³/mol. The Kier molecular flexibility index (Phi) is 6.36. The molecule has 2 amide bonds. The number of carbonyl (C=O) groups is 2. The second-order valence-electron chi connectivity index (χ2n) is 6.12. The number of hydrogen-bond donors (Lipinski definition) is 3. The highest BCUT2D eigenvalue weighted by molar-refractivity contribution is 5.97. The molecule has 0 radical (unpaired) electrons. The molecule has 0 saturated heterocycles. The summed E-state index contributed by atoms with van der Waals surface area (Å²) in [5.74, 6) is 0.444. The highest BCUT2D eigenvalue weighted by atomic mass is 16.3. The van der Waals surface area contributed by atoms with Gasteiger partial charge in [0, 0.05) is 6.42 Å². The van der Waals surface area contributed by atoms with Crippen molar-refractivity contribution in [2.75, 3.05) is 6.54 Å². The molecule has 134 valence electrons. The molecular formula is C19H24N2O4. The molecule has 1 aromatic carbocycles. The van der Waals surface area contributed by atoms with Crippen LogP contribution in [0, 0.1) is 13.8 Å². The van der Waals surface area contributed by atoms with Crippen LogP contribution in [0.1, 0.15) is 34.4 Å². The first-order valence-corrected chi connectivity index (χ1v) is 8.23. The van der Waals surface area contributed by atoms with E-state index in [1.165, 1.54) is 0 Å². The highest BCUT2D eigenvalue weighted by Crippen LogP contribution is 2.13. The Labute approximate surface area is 147 Å². The summed E-state index contributed by atoms with van der Waals surface area (Å²) >= 11 is 0. The minimum Gasteiger partial charge on any atom is -0.466 e. The molecule has 0 spiro atoms. The van der Waals surface area contributed by atoms with E-state index in [1.807, 2.05) is 30.3 Å². The van der Waals surface area contributed by atoms with Crippen molar-refractivity contribution >= 4 is 11.8 Å². The van der Waals surface area contributed by atoms with E-state index < -0.39 is 12.1 Å². The van der Waals surface area contributed by atoms with Crippen LogP contribution in [-0.2, 0) is 11.2 Å². The maximum Gasteiger partial charge on any atom is 0.255 e. The number of amides is 2. The van der Waals surface area contributed by atoms with E-state index in [1.54, 1.807) is 26.8 Å². The van der Waals surface area contributed by atoms with Crippen LogP contribution in [0.25, 0.3) is 0 Å². The van der Waals surface area contributed by atoms with Gasteiger partial charge in [0.2, 0.25) is 5.91 Å². The number of hydrogen-bond acceptors (Lipinski definition) is 4. The molecule has 0 saturated carbocycles. The van der Waals surface area contributed by atoms with Gasteiger partial charge in [0.25, 0.3) is 5.91 Å². The van der Waals surface area contributed by atoms with Gasteiger partial charge < -0.3 is 20.2 Å². The number of nitrogens with one attached hydrogen (secondary N) is 2. The summed E-state index contributed by atoms with van der Waals surface area (Å²) in [6, 6.07) is 10.8. The van der Waals surface area contributed by atoms with E-state index in [4.69, 9.17) is 4.42 Å². The average molecular weight is 344 g/mol. The van der Waals surface area contributed by atoms with Crippen molar-refractivity contribution in [1.82, 2.24) is 10.6 Å². The van der Waals surface area contributed by atoms with Gasteiger partial charge in [-0.05, 0) is 32.4 Å². The van der Waals surface area contributed by atoms with Gasteiger partial charge in [-0.25, -0.2) is 0 Å². The lowest BCUT2D eigenvalue weighted by molar-refractivity contribution is -0.121. The maximum absolute atomic E-state index is 12.0. The lowest BCUT2D eigenvalue weighted by atomic mass is 10.0. The minimum atomic E-state index is -0.708. The van der Waals surface area contributed by atoms with Gasteiger partial charge in [-0.1, -0.05) is 30.3 Å². The maximum atomic E-state index is 12.0. The van der Waals surface area contributed by atoms with Gasteiger partial charge in [0.15, 0.2) is 0 Å². The summed E-state index contributed by atoms with van der Waals surface area (Å²) in [5.41, 5.74) is 1.41. The average Bonchev–Trinajstić information content (AvgIpc) is 2.92. The molecule has 3 N–H and O–H groups in total. The second-order valence-corrected chi connectivity index (χ2v) is 6.12. The van der Waals surface area contributed by atoms with Crippen molar-refractivity contribution in [3.8, 4) is 0 Å². The van der Waals surface area contributed by atoms with Crippen molar-refractivity contribution in [3.05, 3.63) is 59.0 Å². The van der Waals surface area contributed by atoms with Crippen molar-refractivity contribution in [3.63, 3.8) is 0 Å². The predicted octanol–water partition coefficient (Wildman–Crippen LogP) is 1.73. The van der Waals surface area contributed by atoms with Crippen LogP contribution in [0.4, 0.5) is 0 Å². The Hall–Kier alpha value is -2.60. The van der Waals surface area contributed by atoms with Crippen molar-refractivity contribution in [2.24, 2.45) is 0 Å². The van der Waals surface area contributed by atoms with E-state index >= 15 is 0 Å². The van der Waals surface area contributed by atoms with Crippen molar-refractivity contribution in [2.45, 2.75) is 39.3 Å². The summed E-state index contributed by atoms with van der Waals surface area (Å²) in [7, 11) is 0. The summed E-state index contributed by atoms with van der Waals surface area (Å²) < 4.78 is 5.30. The molecular weight excluding hydrogens is 320 g/mol. The number of aryl methyl sites for hydroxylation is 2. The number of rotatable bonds is 7. The fraction of sp³-hybridized carbons (Fsp3) is 0.368. The van der Waals surface area contributed by atoms with Crippen LogP contribution in [0.2, 0.25) is 0 Å². The Morgan fingerprint density at radius 2 is 1.88 bits per heavy atom. The molecule has 0 bridgehead atoms. The van der Waals surface area contributed by atoms with E-state index in [9.17, 15) is 14.7 Å². The van der Waals surface area contributed by atoms with E-state index in [2.05, 4.69) is 10.6 Å². The number of furan rings is 1. The Balaban J connectivity index is 1.79. The first kappa shape index (κ1) is 18.7. The quantitative estimate of drug-likeness (QED) is 0.713. The largest absolute Gasteiger partial charge is 0.466 e. The standard InChI is InChI=1S/C19H24N2O4/c1-12-9-16(14(3)25-12)19(24)20-11-18(23)21-13(2)17(22)10-15-7-5-4-6-8-15/h4-9,13,17,22H,10-11H2,1-3H3,(H,20,24)(H,21,23). The van der Waals surface area contributed by atoms with Crippen molar-refractivity contribution < 1.29 is 19.1 Å². The molecule has 2 unspecified atom stereocenters. The van der Waals surface area contributed by atoms with Crippen molar-refractivity contribution in [1.29, 1.82) is 0 Å². The molecule has 2 rings (SSSR count). The lowest BCUT2D eigenvalue weighted by Gasteiger charge is -2.20. The molecule has 6 nitrogen and oxygen atoms in total. The summed E-state index contributed by atoms with van der Waals surface area (Å²) in [6.45, 7) is 5.03. The van der Waals surface area contributed by atoms with Gasteiger partial charge in [-0.15, -0.1) is 0 Å². The van der Waals surface area contributed by atoms with E-state index in [0.717, 1.165) is 5.56 Å². The first-order chi connectivity index (χ1) is 11.9. The molecule has 0 aliphatic carbocycles. The lowest BCUT2D eigenvalue weighted by Crippen LogP contribution is -2.46. The minimum absolute atomic E-state index is 0.162. The number of aliphatic hydroxyl groups excluding tert-OH is 1. The molecule has 1 heterocycles. The van der Waals surface area contributed by atoms with Gasteiger partial charge in [0.05, 0.1) is 24.3 Å². The van der Waals surface area contributed by atoms with Gasteiger partial charge >= 0.3 is 0 Å². The van der Waals surface area contributed by atoms with Gasteiger partial charge in [-0.2, -0.15) is 0 Å². The van der Waals surface area contributed by atoms with E-state index in [0.29, 0.717) is 23.5 Å². The third-order valence-corrected chi connectivity index (χ3v) is 3.95. The zero-order valence-electron chi connectivity index (χ0n) is 14.7. The summed E-state index contributed by atoms with van der Waals surface area (Å²) in [5, 5.41) is 15.5. The van der Waals surface area contributed by atoms with E-state index in [-0.39, 0.29) is 18.4 Å². The third-order valence-electron chi connectivity index (χ3n) is 3.95. The zero-order valence-corrected chi connectivity index (χ0v) is 14.7. The monoisotopic (exact) mass is 344 g/mol. The van der Waals surface area contributed by atoms with Crippen LogP contribution in [0.15, 0.2) is 40.8 Å². The van der Waals surface area contributed by atoms with Crippen LogP contribution in [0.3, 0.4) is 0 Å². The fourth-order valence-corrected chi connectivity index (χ4v) is 2.55. The van der Waals surface area contributed by atoms with Gasteiger partial charge in [-0.3, -0.25) is 9.59 Å². The molecule has 0 aliphatic rings. The highest BCUT2D eigenvalue weighted by Gasteiger charge is 2.18. The number of aliphatic hydroxyl groups is 1. The molecule has 2 atom stereocenters. The number of carbonyl (C=O) groups excluding carboxylic acids is 2. The third kappa shape index (κ3) is 5.46. The molecule has 25 heavy (non-hydrogen) atoms. The zero-order chi connectivity index (χ0) is 18.4. The number of benzene rings is 1. The molecule has 6 heteroatoms. The SMILES string of the molecule is Cc1cc(C(=O)NCC(=O)NC(C)C(O)Cc2ccccc2)c(C)o1. The second kappa shape index (κ2) is 8.48. The van der Waals surface area contributed by atoms with Gasteiger partial charge in [0.1, 0.15) is 11.5 Å². The Morgan fingerprint density at radius 1 is 1.20 bits per heavy atom. The van der Waals surface area contributed by atoms with Crippen LogP contribution in [0.5, 0.6) is 0 Å². The molecule has 1 aromatic heterocycles. The summed E-state index contributed by atoms with van der Waals surface area (Å²) in [6.07, 6.45) is -0.261. The smallest absolute Gasteiger partial charge is 0.255 e. The summed E-state index contributed by atoms with van der Waals surface area (Å²) in [4.78, 5) is 24.0. The Morgan fingerprint density at radius 3 is 2.48 bits per heavy atom. The Bertz CT molecular complexity index is 724. The molecule has 0 fully saturated rings. The van der Waals surface area contributed by atoms with Crippen LogP contribution >= 0.6 is 0 Å². The first-order valence-electron chi connectivity index (χ1n) is 8.23.